The normalized spacial score (nSPS) is 29.9. The first-order chi connectivity index (χ1) is 28.0. The van der Waals surface area contributed by atoms with Crippen molar-refractivity contribution in [3.63, 3.8) is 0 Å². The lowest BCUT2D eigenvalue weighted by Crippen LogP contribution is -2.48. The molecule has 1 N–H and O–H groups in total. The van der Waals surface area contributed by atoms with Gasteiger partial charge in [0.2, 0.25) is 21.8 Å². The predicted molar refractivity (Wildman–Crippen MR) is 211 cm³/mol. The highest BCUT2D eigenvalue weighted by molar-refractivity contribution is 7.91. The molecule has 60 heavy (non-hydrogen) atoms. The molecule has 6 atom stereocenters. The Bertz CT molecular complexity index is 2220. The SMILES string of the molecule is COc1ccc2nc(C(F)(F)F)c3c(c2c1)[C@H](F)C[C@]1(C[C@H]2C(=O)C[C@]4(C(=O)NS(=O)(=O)C5(C)CC5)C[C@H]4/C=C\CCCCC[C@H](CC(=O)OCC(C)(C)C)C(=O)N2C1)O3. The van der Waals surface area contributed by atoms with Crippen LogP contribution < -0.4 is 14.2 Å². The van der Waals surface area contributed by atoms with E-state index >= 15 is 4.39 Å². The van der Waals surface area contributed by atoms with Crippen LogP contribution in [-0.4, -0.2) is 78.5 Å². The molecule has 4 heterocycles. The predicted octanol–water partition coefficient (Wildman–Crippen LogP) is 7.47. The lowest BCUT2D eigenvalue weighted by Gasteiger charge is -2.38. The van der Waals surface area contributed by atoms with E-state index in [9.17, 15) is 40.8 Å². The summed E-state index contributed by atoms with van der Waals surface area (Å²) in [6.07, 6.45) is -1.62. The number of benzene rings is 1. The summed E-state index contributed by atoms with van der Waals surface area (Å²) in [5, 5.41) is 0.0457. The number of Topliss-reactive ketones (excluding diaryl/α,β-unsaturated/α-hetero) is 1. The molecule has 328 valence electrons. The van der Waals surface area contributed by atoms with Crippen molar-refractivity contribution in [2.45, 2.75) is 133 Å². The van der Waals surface area contributed by atoms with Crippen molar-refractivity contribution >= 4 is 44.5 Å². The van der Waals surface area contributed by atoms with Gasteiger partial charge in [0.1, 0.15) is 17.5 Å². The molecule has 1 aromatic carbocycles. The zero-order chi connectivity index (χ0) is 43.6. The van der Waals surface area contributed by atoms with E-state index in [0.29, 0.717) is 38.5 Å². The first-order valence-corrected chi connectivity index (χ1v) is 22.1. The molecule has 1 aromatic heterocycles. The van der Waals surface area contributed by atoms with E-state index in [0.717, 1.165) is 0 Å². The van der Waals surface area contributed by atoms with E-state index in [4.69, 9.17) is 14.2 Å². The molecule has 0 unspecified atom stereocenters. The van der Waals surface area contributed by atoms with Crippen molar-refractivity contribution in [2.24, 2.45) is 22.7 Å². The maximum Gasteiger partial charge on any atom is 0.437 e. The maximum absolute atomic E-state index is 16.8. The number of pyridine rings is 1. The molecule has 0 radical (unpaired) electrons. The summed E-state index contributed by atoms with van der Waals surface area (Å²) in [4.78, 5) is 61.9. The van der Waals surface area contributed by atoms with Crippen LogP contribution in [0, 0.1) is 22.7 Å². The van der Waals surface area contributed by atoms with E-state index in [2.05, 4.69) is 9.71 Å². The minimum Gasteiger partial charge on any atom is -0.497 e. The molecule has 12 nitrogen and oxygen atoms in total. The summed E-state index contributed by atoms with van der Waals surface area (Å²) in [6.45, 7) is 6.74. The maximum atomic E-state index is 16.8. The van der Waals surface area contributed by atoms with Gasteiger partial charge in [-0.2, -0.15) is 13.2 Å². The number of carbonyl (C=O) groups is 4. The zero-order valence-corrected chi connectivity index (χ0v) is 35.4. The van der Waals surface area contributed by atoms with Crippen LogP contribution in [0.5, 0.6) is 11.5 Å². The van der Waals surface area contributed by atoms with Crippen molar-refractivity contribution < 1.29 is 59.4 Å². The van der Waals surface area contributed by atoms with Gasteiger partial charge >= 0.3 is 12.1 Å². The molecule has 2 amide bonds. The monoisotopic (exact) mass is 863 g/mol. The fraction of sp³-hybridized carbons (Fsp3) is 0.651. The number of ether oxygens (including phenoxy) is 3. The third kappa shape index (κ3) is 8.61. The zero-order valence-electron chi connectivity index (χ0n) is 34.6. The van der Waals surface area contributed by atoms with Gasteiger partial charge in [-0.3, -0.25) is 23.9 Å². The Balaban J connectivity index is 1.28. The number of amides is 2. The number of hydrogen-bond donors (Lipinski definition) is 1. The number of sulfonamides is 1. The van der Waals surface area contributed by atoms with Crippen LogP contribution >= 0.6 is 0 Å². The molecule has 3 fully saturated rings. The minimum atomic E-state index is -5.09. The molecular weight excluding hydrogens is 811 g/mol. The van der Waals surface area contributed by atoms with Gasteiger partial charge < -0.3 is 19.1 Å². The van der Waals surface area contributed by atoms with Crippen molar-refractivity contribution in [1.29, 1.82) is 0 Å². The summed E-state index contributed by atoms with van der Waals surface area (Å²) < 4.78 is 106. The molecule has 2 aliphatic carbocycles. The highest BCUT2D eigenvalue weighted by Crippen LogP contribution is 2.59. The lowest BCUT2D eigenvalue weighted by atomic mass is 9.84. The number of methoxy groups -OCH3 is 1. The van der Waals surface area contributed by atoms with Crippen LogP contribution in [-0.2, 0) is 40.1 Å². The number of esters is 1. The number of hydrogen-bond acceptors (Lipinski definition) is 10. The van der Waals surface area contributed by atoms with Gasteiger partial charge in [-0.25, -0.2) is 17.8 Å². The summed E-state index contributed by atoms with van der Waals surface area (Å²) in [7, 11) is -2.74. The molecule has 17 heteroatoms. The molecular formula is C43H53F4N3O9S. The number of rotatable bonds is 7. The highest BCUT2D eigenvalue weighted by Gasteiger charge is 2.64. The van der Waals surface area contributed by atoms with Crippen LogP contribution in [0.2, 0.25) is 0 Å². The number of aromatic nitrogens is 1. The quantitative estimate of drug-likeness (QED) is 0.168. The Morgan fingerprint density at radius 2 is 1.80 bits per heavy atom. The first kappa shape index (κ1) is 43.8. The topological polar surface area (TPSA) is 158 Å². The fourth-order valence-corrected chi connectivity index (χ4v) is 10.2. The molecule has 7 rings (SSSR count). The Kier molecular flexibility index (Phi) is 11.4. The number of fused-ring (bicyclic) bond motifs is 5. The number of nitrogens with zero attached hydrogens (tertiary/aromatic N) is 2. The standard InChI is InChI=1S/C43H53F4N3O9S/c1-39(2,3)24-58-33(52)17-25-11-9-7-6-8-10-12-26-19-42(26,38(54)49-60(55,56)40(4)15-16-40)22-32(51)31-21-41(23-50(31)37(25)53)20-29(44)34-28-18-27(57-5)13-14-30(28)48-36(35(34)59-41)43(45,46)47/h10,12-14,18,25-26,29,31H,6-9,11,15-17,19-24H2,1-5H3,(H,49,54)/b12-10-/t25-,26-,29-,31+,41-,42-/m1/s1. The summed E-state index contributed by atoms with van der Waals surface area (Å²) >= 11 is 0. The first-order valence-electron chi connectivity index (χ1n) is 20.6. The Morgan fingerprint density at radius 1 is 1.07 bits per heavy atom. The van der Waals surface area contributed by atoms with E-state index in [1.807, 2.05) is 32.9 Å². The Morgan fingerprint density at radius 3 is 2.47 bits per heavy atom. The fourth-order valence-electron chi connectivity index (χ4n) is 8.90. The second-order valence-electron chi connectivity index (χ2n) is 18.9. The van der Waals surface area contributed by atoms with Crippen LogP contribution in [0.15, 0.2) is 30.4 Å². The van der Waals surface area contributed by atoms with Crippen molar-refractivity contribution in [2.75, 3.05) is 20.3 Å². The van der Waals surface area contributed by atoms with Crippen molar-refractivity contribution in [3.05, 3.63) is 41.6 Å². The number of halogens is 4. The van der Waals surface area contributed by atoms with Gasteiger partial charge in [0.25, 0.3) is 0 Å². The van der Waals surface area contributed by atoms with Gasteiger partial charge in [-0.1, -0.05) is 45.8 Å². The average molecular weight is 864 g/mol. The van der Waals surface area contributed by atoms with E-state index in [-0.39, 0.29) is 53.5 Å². The molecule has 1 saturated heterocycles. The van der Waals surface area contributed by atoms with E-state index in [1.54, 1.807) is 0 Å². The van der Waals surface area contributed by atoms with Gasteiger partial charge in [-0.15, -0.1) is 0 Å². The number of alkyl halides is 4. The van der Waals surface area contributed by atoms with Crippen LogP contribution in [0.4, 0.5) is 17.6 Å². The van der Waals surface area contributed by atoms with Crippen LogP contribution in [0.3, 0.4) is 0 Å². The molecule has 2 saturated carbocycles. The second-order valence-corrected chi connectivity index (χ2v) is 21.1. The van der Waals surface area contributed by atoms with Crippen molar-refractivity contribution in [1.82, 2.24) is 14.6 Å². The molecule has 0 bridgehead atoms. The third-order valence-corrected chi connectivity index (χ3v) is 15.0. The average Bonchev–Trinajstić information content (AvgIpc) is 4.05. The third-order valence-electron chi connectivity index (χ3n) is 12.8. The molecule has 5 aliphatic rings. The summed E-state index contributed by atoms with van der Waals surface area (Å²) in [6, 6.07) is 2.66. The highest BCUT2D eigenvalue weighted by atomic mass is 32.2. The Hall–Kier alpha value is -4.28. The lowest BCUT2D eigenvalue weighted by molar-refractivity contribution is -0.152. The minimum absolute atomic E-state index is 0.0457. The summed E-state index contributed by atoms with van der Waals surface area (Å²) in [5.74, 6) is -4.90. The molecule has 1 spiro atoms. The van der Waals surface area contributed by atoms with Crippen LogP contribution in [0.1, 0.15) is 122 Å². The number of allylic oxidation sites excluding steroid dienone is 2. The van der Waals surface area contributed by atoms with E-state index < -0.39 is 117 Å². The van der Waals surface area contributed by atoms with Gasteiger partial charge in [0.05, 0.1) is 48.4 Å². The number of carbonyl (C=O) groups excluding carboxylic acids is 4. The number of nitrogens with one attached hydrogen (secondary N) is 1. The van der Waals surface area contributed by atoms with Gasteiger partial charge in [0, 0.05) is 36.1 Å². The summed E-state index contributed by atoms with van der Waals surface area (Å²) in [5.41, 5.74) is -5.70. The molecule has 3 aliphatic heterocycles. The number of ketones is 1. The van der Waals surface area contributed by atoms with Crippen molar-refractivity contribution in [3.8, 4) is 11.5 Å². The van der Waals surface area contributed by atoms with Crippen LogP contribution in [0.25, 0.3) is 10.9 Å². The smallest absolute Gasteiger partial charge is 0.437 e. The van der Waals surface area contributed by atoms with E-state index in [1.165, 1.54) is 37.1 Å². The Labute approximate surface area is 347 Å². The van der Waals surface area contributed by atoms with Gasteiger partial charge in [-0.05, 0) is 75.0 Å². The second kappa shape index (κ2) is 15.6. The largest absolute Gasteiger partial charge is 0.497 e. The molecule has 2 aromatic rings. The van der Waals surface area contributed by atoms with Gasteiger partial charge in [0.15, 0.2) is 17.2 Å².